The number of sulfonamides is 1. The zero-order valence-electron chi connectivity index (χ0n) is 11.1. The van der Waals surface area contributed by atoms with Gasteiger partial charge in [0.25, 0.3) is 10.0 Å². The number of aryl methyl sites for hydroxylation is 1. The summed E-state index contributed by atoms with van der Waals surface area (Å²) in [6.45, 7) is 1.66. The van der Waals surface area contributed by atoms with Crippen LogP contribution in [0.2, 0.25) is 0 Å². The van der Waals surface area contributed by atoms with Crippen molar-refractivity contribution in [3.8, 4) is 0 Å². The summed E-state index contributed by atoms with van der Waals surface area (Å²) in [6.07, 6.45) is 0. The molecule has 0 fully saturated rings. The number of benzene rings is 2. The van der Waals surface area contributed by atoms with Crippen molar-refractivity contribution in [2.75, 3.05) is 4.72 Å². The van der Waals surface area contributed by atoms with E-state index in [1.54, 1.807) is 24.3 Å². The standard InChI is InChI=1S/C14H13Br2NO3S/c1-9-4-11(15)7-12(5-9)17-21(19,20)14-6-10(8-18)2-3-13(14)16/h2-7,17-18H,8H2,1H3. The summed E-state index contributed by atoms with van der Waals surface area (Å²) in [4.78, 5) is 0.0895. The van der Waals surface area contributed by atoms with Crippen LogP contribution in [0, 0.1) is 6.92 Å². The molecule has 0 atom stereocenters. The van der Waals surface area contributed by atoms with Crippen molar-refractivity contribution < 1.29 is 13.5 Å². The Morgan fingerprint density at radius 3 is 2.48 bits per heavy atom. The van der Waals surface area contributed by atoms with Crippen molar-refractivity contribution in [3.05, 3.63) is 56.5 Å². The normalized spacial score (nSPS) is 11.4. The molecule has 0 amide bonds. The average Bonchev–Trinajstić information content (AvgIpc) is 2.37. The van der Waals surface area contributed by atoms with Crippen LogP contribution in [-0.4, -0.2) is 13.5 Å². The maximum absolute atomic E-state index is 12.5. The molecule has 2 rings (SSSR count). The second kappa shape index (κ2) is 6.48. The Morgan fingerprint density at radius 2 is 1.86 bits per heavy atom. The first-order valence-corrected chi connectivity index (χ1v) is 9.08. The van der Waals surface area contributed by atoms with Crippen LogP contribution in [0.4, 0.5) is 5.69 Å². The van der Waals surface area contributed by atoms with E-state index in [1.165, 1.54) is 6.07 Å². The molecule has 0 aromatic heterocycles. The van der Waals surface area contributed by atoms with E-state index in [0.717, 1.165) is 10.0 Å². The van der Waals surface area contributed by atoms with E-state index in [2.05, 4.69) is 36.6 Å². The summed E-state index contributed by atoms with van der Waals surface area (Å²) >= 11 is 6.56. The maximum Gasteiger partial charge on any atom is 0.263 e. The molecule has 0 saturated heterocycles. The fourth-order valence-electron chi connectivity index (χ4n) is 1.86. The van der Waals surface area contributed by atoms with Crippen LogP contribution < -0.4 is 4.72 Å². The zero-order valence-corrected chi connectivity index (χ0v) is 15.1. The number of nitrogens with one attached hydrogen (secondary N) is 1. The predicted octanol–water partition coefficient (Wildman–Crippen LogP) is 3.81. The summed E-state index contributed by atoms with van der Waals surface area (Å²) in [5.41, 5.74) is 1.94. The lowest BCUT2D eigenvalue weighted by molar-refractivity contribution is 0.281. The average molecular weight is 435 g/mol. The largest absolute Gasteiger partial charge is 0.392 e. The molecule has 0 unspecified atom stereocenters. The highest BCUT2D eigenvalue weighted by Crippen LogP contribution is 2.27. The van der Waals surface area contributed by atoms with Crippen molar-refractivity contribution in [3.63, 3.8) is 0 Å². The summed E-state index contributed by atoms with van der Waals surface area (Å²) in [7, 11) is -3.74. The number of hydrogen-bond donors (Lipinski definition) is 2. The van der Waals surface area contributed by atoms with Crippen molar-refractivity contribution in [1.29, 1.82) is 0 Å². The lowest BCUT2D eigenvalue weighted by Gasteiger charge is -2.11. The molecule has 0 heterocycles. The van der Waals surface area contributed by atoms with Gasteiger partial charge in [0.1, 0.15) is 4.90 Å². The molecule has 0 radical (unpaired) electrons. The Labute approximate surface area is 140 Å². The molecule has 0 bridgehead atoms. The third kappa shape index (κ3) is 4.06. The van der Waals surface area contributed by atoms with E-state index in [1.807, 2.05) is 13.0 Å². The fraction of sp³-hybridized carbons (Fsp3) is 0.143. The van der Waals surface area contributed by atoms with E-state index in [0.29, 0.717) is 15.7 Å². The topological polar surface area (TPSA) is 66.4 Å². The minimum Gasteiger partial charge on any atom is -0.392 e. The minimum absolute atomic E-state index is 0.0895. The number of anilines is 1. The Kier molecular flexibility index (Phi) is 5.08. The van der Waals surface area contributed by atoms with Crippen LogP contribution in [-0.2, 0) is 16.6 Å². The summed E-state index contributed by atoms with van der Waals surface area (Å²) in [6, 6.07) is 10.0. The molecular weight excluding hydrogens is 422 g/mol. The van der Waals surface area contributed by atoms with Crippen LogP contribution in [0.15, 0.2) is 50.2 Å². The summed E-state index contributed by atoms with van der Waals surface area (Å²) in [5.74, 6) is 0. The first kappa shape index (κ1) is 16.5. The number of aliphatic hydroxyl groups excluding tert-OH is 1. The monoisotopic (exact) mass is 433 g/mol. The van der Waals surface area contributed by atoms with Gasteiger partial charge >= 0.3 is 0 Å². The quantitative estimate of drug-likeness (QED) is 0.768. The van der Waals surface area contributed by atoms with Crippen LogP contribution in [0.3, 0.4) is 0 Å². The van der Waals surface area contributed by atoms with E-state index in [9.17, 15) is 8.42 Å². The number of aliphatic hydroxyl groups is 1. The van der Waals surface area contributed by atoms with Crippen molar-refractivity contribution in [1.82, 2.24) is 0 Å². The summed E-state index contributed by atoms with van der Waals surface area (Å²) in [5, 5.41) is 9.14. The number of halogens is 2. The molecule has 2 N–H and O–H groups in total. The van der Waals surface area contributed by atoms with Gasteiger partial charge in [0.2, 0.25) is 0 Å². The number of rotatable bonds is 4. The molecule has 0 spiro atoms. The zero-order chi connectivity index (χ0) is 15.6. The van der Waals surface area contributed by atoms with Gasteiger partial charge in [-0.05, 0) is 64.3 Å². The Morgan fingerprint density at radius 1 is 1.14 bits per heavy atom. The third-order valence-electron chi connectivity index (χ3n) is 2.76. The second-order valence-corrected chi connectivity index (χ2v) is 7.97. The molecule has 2 aromatic rings. The first-order valence-electron chi connectivity index (χ1n) is 6.01. The fourth-order valence-corrected chi connectivity index (χ4v) is 4.52. The minimum atomic E-state index is -3.74. The van der Waals surface area contributed by atoms with Gasteiger partial charge in [-0.1, -0.05) is 22.0 Å². The van der Waals surface area contributed by atoms with Crippen LogP contribution in [0.5, 0.6) is 0 Å². The van der Waals surface area contributed by atoms with Crippen molar-refractivity contribution in [2.45, 2.75) is 18.4 Å². The van der Waals surface area contributed by atoms with E-state index in [-0.39, 0.29) is 11.5 Å². The van der Waals surface area contributed by atoms with E-state index < -0.39 is 10.0 Å². The lowest BCUT2D eigenvalue weighted by Crippen LogP contribution is -2.14. The highest BCUT2D eigenvalue weighted by molar-refractivity contribution is 9.10. The van der Waals surface area contributed by atoms with E-state index in [4.69, 9.17) is 5.11 Å². The van der Waals surface area contributed by atoms with Gasteiger partial charge in [0, 0.05) is 8.95 Å². The van der Waals surface area contributed by atoms with Gasteiger partial charge < -0.3 is 5.11 Å². The molecule has 4 nitrogen and oxygen atoms in total. The summed E-state index contributed by atoms with van der Waals surface area (Å²) < 4.78 is 28.7. The van der Waals surface area contributed by atoms with Gasteiger partial charge in [-0.25, -0.2) is 8.42 Å². The molecular formula is C14H13Br2NO3S. The second-order valence-electron chi connectivity index (χ2n) is 4.55. The Bertz CT molecular complexity index is 756. The van der Waals surface area contributed by atoms with Gasteiger partial charge in [-0.2, -0.15) is 0 Å². The third-order valence-corrected chi connectivity index (χ3v) is 5.60. The number of hydrogen-bond acceptors (Lipinski definition) is 3. The van der Waals surface area contributed by atoms with Crippen molar-refractivity contribution >= 4 is 47.6 Å². The van der Waals surface area contributed by atoms with Gasteiger partial charge in [-0.15, -0.1) is 0 Å². The molecule has 0 aliphatic carbocycles. The molecule has 0 aliphatic rings. The van der Waals surface area contributed by atoms with Crippen LogP contribution in [0.1, 0.15) is 11.1 Å². The molecule has 0 aliphatic heterocycles. The molecule has 112 valence electrons. The predicted molar refractivity (Wildman–Crippen MR) is 89.8 cm³/mol. The maximum atomic E-state index is 12.5. The smallest absolute Gasteiger partial charge is 0.263 e. The molecule has 21 heavy (non-hydrogen) atoms. The lowest BCUT2D eigenvalue weighted by atomic mass is 10.2. The van der Waals surface area contributed by atoms with Gasteiger partial charge in [0.05, 0.1) is 12.3 Å². The SMILES string of the molecule is Cc1cc(Br)cc(NS(=O)(=O)c2cc(CO)ccc2Br)c1. The van der Waals surface area contributed by atoms with Gasteiger partial charge in [0.15, 0.2) is 0 Å². The van der Waals surface area contributed by atoms with E-state index >= 15 is 0 Å². The Balaban J connectivity index is 2.42. The highest BCUT2D eigenvalue weighted by Gasteiger charge is 2.18. The van der Waals surface area contributed by atoms with Crippen LogP contribution in [0.25, 0.3) is 0 Å². The molecule has 2 aromatic carbocycles. The van der Waals surface area contributed by atoms with Gasteiger partial charge in [-0.3, -0.25) is 4.72 Å². The molecule has 7 heteroatoms. The first-order chi connectivity index (χ1) is 9.81. The van der Waals surface area contributed by atoms with Crippen molar-refractivity contribution in [2.24, 2.45) is 0 Å². The van der Waals surface area contributed by atoms with Crippen LogP contribution >= 0.6 is 31.9 Å². The highest BCUT2D eigenvalue weighted by atomic mass is 79.9. The molecule has 0 saturated carbocycles. The Hall–Kier alpha value is -0.890.